The second kappa shape index (κ2) is 3.85. The number of nitrogens with zero attached hydrogens (tertiary/aromatic N) is 1. The van der Waals surface area contributed by atoms with Crippen LogP contribution in [0, 0.1) is 0 Å². The van der Waals surface area contributed by atoms with Crippen molar-refractivity contribution < 1.29 is 9.59 Å². The molecule has 0 spiro atoms. The molecule has 5 nitrogen and oxygen atoms in total. The van der Waals surface area contributed by atoms with E-state index >= 15 is 0 Å². The normalized spacial score (nSPS) is 17.3. The summed E-state index contributed by atoms with van der Waals surface area (Å²) in [6.07, 6.45) is 2.33. The maximum Gasteiger partial charge on any atom is 0.332 e. The maximum absolute atomic E-state index is 10.8. The highest BCUT2D eigenvalue weighted by Crippen LogP contribution is 2.10. The molecule has 1 saturated carbocycles. The van der Waals surface area contributed by atoms with Gasteiger partial charge in [-0.15, -0.1) is 0 Å². The molecule has 0 aromatic carbocycles. The molecule has 0 aliphatic heterocycles. The maximum atomic E-state index is 10.8. The Morgan fingerprint density at radius 3 is 2.42 bits per heavy atom. The van der Waals surface area contributed by atoms with E-state index in [2.05, 4.69) is 10.5 Å². The third-order valence-electron chi connectivity index (χ3n) is 1.71. The quantitative estimate of drug-likeness (QED) is 0.547. The van der Waals surface area contributed by atoms with Gasteiger partial charge in [0, 0.05) is 18.6 Å². The first-order chi connectivity index (χ1) is 5.68. The predicted octanol–water partition coefficient (Wildman–Crippen LogP) is 0.154. The highest BCUT2D eigenvalue weighted by atomic mass is 16.2. The molecular weight excluding hydrogens is 158 g/mol. The molecule has 0 aromatic heterocycles. The predicted molar refractivity (Wildman–Crippen MR) is 43.6 cm³/mol. The number of urea groups is 1. The molecule has 5 heteroatoms. The zero-order valence-corrected chi connectivity index (χ0v) is 6.67. The van der Waals surface area contributed by atoms with Crippen LogP contribution >= 0.6 is 0 Å². The number of hydrazone groups is 1. The standard InChI is InChI=1S/C7H11N3O2/c8-7(12)10-9-5-1-3-6(11)4-2-5/h1-4H2,(H3,8,10,12). The first-order valence-electron chi connectivity index (χ1n) is 3.81. The number of nitrogens with two attached hydrogens (primary N) is 1. The monoisotopic (exact) mass is 169 g/mol. The lowest BCUT2D eigenvalue weighted by Gasteiger charge is -2.10. The topological polar surface area (TPSA) is 84.6 Å². The van der Waals surface area contributed by atoms with Crippen LogP contribution in [-0.2, 0) is 4.79 Å². The Bertz CT molecular complexity index is 223. The molecule has 0 unspecified atom stereocenters. The number of carbonyl (C=O) groups excluding carboxylic acids is 2. The third-order valence-corrected chi connectivity index (χ3v) is 1.71. The van der Waals surface area contributed by atoms with Crippen LogP contribution in [0.1, 0.15) is 25.7 Å². The molecule has 0 saturated heterocycles. The molecular formula is C7H11N3O2. The summed E-state index contributed by atoms with van der Waals surface area (Å²) in [7, 11) is 0. The number of hydrogen-bond donors (Lipinski definition) is 2. The largest absolute Gasteiger partial charge is 0.350 e. The van der Waals surface area contributed by atoms with E-state index in [0.29, 0.717) is 25.7 Å². The van der Waals surface area contributed by atoms with Crippen LogP contribution in [0.2, 0.25) is 0 Å². The first-order valence-corrected chi connectivity index (χ1v) is 3.81. The van der Waals surface area contributed by atoms with E-state index in [1.165, 1.54) is 0 Å². The van der Waals surface area contributed by atoms with Gasteiger partial charge in [-0.25, -0.2) is 10.2 Å². The Morgan fingerprint density at radius 2 is 1.92 bits per heavy atom. The summed E-state index contributed by atoms with van der Waals surface area (Å²) in [5, 5.41) is 3.76. The van der Waals surface area contributed by atoms with Crippen LogP contribution in [0.5, 0.6) is 0 Å². The molecule has 1 rings (SSSR count). The summed E-state index contributed by atoms with van der Waals surface area (Å²) in [6, 6.07) is -0.667. The van der Waals surface area contributed by atoms with E-state index in [1.54, 1.807) is 0 Å². The Hall–Kier alpha value is -1.39. The van der Waals surface area contributed by atoms with Crippen LogP contribution in [0.15, 0.2) is 5.10 Å². The van der Waals surface area contributed by atoms with Crippen molar-refractivity contribution >= 4 is 17.5 Å². The molecule has 0 atom stereocenters. The zero-order valence-electron chi connectivity index (χ0n) is 6.67. The number of amides is 2. The lowest BCUT2D eigenvalue weighted by atomic mass is 9.97. The number of nitrogens with one attached hydrogen (secondary N) is 1. The van der Waals surface area contributed by atoms with E-state index in [9.17, 15) is 9.59 Å². The smallest absolute Gasteiger partial charge is 0.332 e. The molecule has 0 radical (unpaired) electrons. The number of primary amides is 1. The minimum Gasteiger partial charge on any atom is -0.350 e. The van der Waals surface area contributed by atoms with Gasteiger partial charge in [-0.3, -0.25) is 4.79 Å². The van der Waals surface area contributed by atoms with Gasteiger partial charge in [0.15, 0.2) is 0 Å². The molecule has 1 fully saturated rings. The molecule has 0 heterocycles. The summed E-state index contributed by atoms with van der Waals surface area (Å²) >= 11 is 0. The number of rotatable bonds is 1. The second-order valence-electron chi connectivity index (χ2n) is 2.69. The molecule has 0 aromatic rings. The average molecular weight is 169 g/mol. The van der Waals surface area contributed by atoms with Gasteiger partial charge < -0.3 is 5.73 Å². The van der Waals surface area contributed by atoms with Crippen molar-refractivity contribution in [3.8, 4) is 0 Å². The van der Waals surface area contributed by atoms with Gasteiger partial charge in [-0.05, 0) is 12.8 Å². The summed E-state index contributed by atoms with van der Waals surface area (Å²) in [5.74, 6) is 0.257. The Morgan fingerprint density at radius 1 is 1.33 bits per heavy atom. The minimum atomic E-state index is -0.667. The SMILES string of the molecule is NC(=O)NN=C1CCC(=O)CC1. The van der Waals surface area contributed by atoms with Crippen molar-refractivity contribution in [1.82, 2.24) is 5.43 Å². The van der Waals surface area contributed by atoms with Crippen LogP contribution < -0.4 is 11.2 Å². The lowest BCUT2D eigenvalue weighted by molar-refractivity contribution is -0.119. The Labute approximate surface area is 70.0 Å². The number of carbonyl (C=O) groups is 2. The summed E-state index contributed by atoms with van der Waals surface area (Å²) < 4.78 is 0. The molecule has 0 bridgehead atoms. The summed E-state index contributed by atoms with van der Waals surface area (Å²) in [6.45, 7) is 0. The summed E-state index contributed by atoms with van der Waals surface area (Å²) in [4.78, 5) is 21.0. The van der Waals surface area contributed by atoms with E-state index < -0.39 is 6.03 Å². The highest BCUT2D eigenvalue weighted by Gasteiger charge is 2.13. The fourth-order valence-electron chi connectivity index (χ4n) is 1.06. The highest BCUT2D eigenvalue weighted by molar-refractivity contribution is 5.96. The number of Topliss-reactive ketones (excluding diaryl/α,β-unsaturated/α-hetero) is 1. The number of ketones is 1. The fraction of sp³-hybridized carbons (Fsp3) is 0.571. The first kappa shape index (κ1) is 8.70. The zero-order chi connectivity index (χ0) is 8.97. The van der Waals surface area contributed by atoms with Crippen LogP contribution in [0.25, 0.3) is 0 Å². The van der Waals surface area contributed by atoms with Crippen LogP contribution in [0.4, 0.5) is 4.79 Å². The number of hydrogen-bond acceptors (Lipinski definition) is 3. The molecule has 2 amide bonds. The van der Waals surface area contributed by atoms with E-state index in [0.717, 1.165) is 5.71 Å². The fourth-order valence-corrected chi connectivity index (χ4v) is 1.06. The lowest BCUT2D eigenvalue weighted by Crippen LogP contribution is -2.26. The van der Waals surface area contributed by atoms with Crippen molar-refractivity contribution in [2.45, 2.75) is 25.7 Å². The molecule has 1 aliphatic carbocycles. The van der Waals surface area contributed by atoms with Crippen molar-refractivity contribution in [1.29, 1.82) is 0 Å². The summed E-state index contributed by atoms with van der Waals surface area (Å²) in [5.41, 5.74) is 7.80. The molecule has 12 heavy (non-hydrogen) atoms. The van der Waals surface area contributed by atoms with Crippen molar-refractivity contribution in [3.63, 3.8) is 0 Å². The van der Waals surface area contributed by atoms with E-state index in [4.69, 9.17) is 5.73 Å². The van der Waals surface area contributed by atoms with Gasteiger partial charge in [-0.2, -0.15) is 5.10 Å². The molecule has 66 valence electrons. The third kappa shape index (κ3) is 2.69. The Kier molecular flexibility index (Phi) is 2.79. The van der Waals surface area contributed by atoms with Crippen molar-refractivity contribution in [3.05, 3.63) is 0 Å². The van der Waals surface area contributed by atoms with Gasteiger partial charge in [0.25, 0.3) is 0 Å². The van der Waals surface area contributed by atoms with Gasteiger partial charge in [-0.1, -0.05) is 0 Å². The second-order valence-corrected chi connectivity index (χ2v) is 2.69. The molecule has 1 aliphatic rings. The van der Waals surface area contributed by atoms with Gasteiger partial charge in [0.05, 0.1) is 0 Å². The van der Waals surface area contributed by atoms with Crippen molar-refractivity contribution in [2.24, 2.45) is 10.8 Å². The van der Waals surface area contributed by atoms with Crippen LogP contribution in [0.3, 0.4) is 0 Å². The minimum absolute atomic E-state index is 0.257. The Balaban J connectivity index is 2.38. The van der Waals surface area contributed by atoms with Crippen molar-refractivity contribution in [2.75, 3.05) is 0 Å². The van der Waals surface area contributed by atoms with Crippen LogP contribution in [-0.4, -0.2) is 17.5 Å². The molecule has 3 N–H and O–H groups in total. The average Bonchev–Trinajstić information content (AvgIpc) is 2.03. The van der Waals surface area contributed by atoms with Gasteiger partial charge in [0.2, 0.25) is 0 Å². The van der Waals surface area contributed by atoms with Gasteiger partial charge >= 0.3 is 6.03 Å². The van der Waals surface area contributed by atoms with E-state index in [1.807, 2.05) is 0 Å². The van der Waals surface area contributed by atoms with E-state index in [-0.39, 0.29) is 5.78 Å². The van der Waals surface area contributed by atoms with Gasteiger partial charge in [0.1, 0.15) is 5.78 Å².